The number of rotatable bonds is 3. The topological polar surface area (TPSA) is 46.3 Å². The minimum atomic E-state index is -0.0160. The fourth-order valence-corrected chi connectivity index (χ4v) is 3.92. The van der Waals surface area contributed by atoms with Crippen molar-refractivity contribution < 1.29 is 4.79 Å². The van der Waals surface area contributed by atoms with Gasteiger partial charge in [0.1, 0.15) is 0 Å². The van der Waals surface area contributed by atoms with Crippen LogP contribution in [-0.2, 0) is 4.79 Å². The Balaban J connectivity index is 2.45. The summed E-state index contributed by atoms with van der Waals surface area (Å²) in [5.41, 5.74) is 6.28. The lowest BCUT2D eigenvalue weighted by Crippen LogP contribution is -2.46. The van der Waals surface area contributed by atoms with E-state index >= 15 is 0 Å². The van der Waals surface area contributed by atoms with E-state index in [4.69, 9.17) is 5.73 Å². The zero-order valence-corrected chi connectivity index (χ0v) is 13.2. The van der Waals surface area contributed by atoms with E-state index in [1.807, 2.05) is 16.7 Å². The first-order chi connectivity index (χ1) is 8.17. The van der Waals surface area contributed by atoms with E-state index in [2.05, 4.69) is 34.6 Å². The fourth-order valence-electron chi connectivity index (χ4n) is 2.59. The summed E-state index contributed by atoms with van der Waals surface area (Å²) in [7, 11) is 0. The van der Waals surface area contributed by atoms with Crippen molar-refractivity contribution in [3.8, 4) is 0 Å². The lowest BCUT2D eigenvalue weighted by Gasteiger charge is -2.35. The van der Waals surface area contributed by atoms with Gasteiger partial charge in [-0.15, -0.1) is 0 Å². The molecular formula is C14H28N2OS. The van der Waals surface area contributed by atoms with Gasteiger partial charge in [0.05, 0.1) is 0 Å². The summed E-state index contributed by atoms with van der Waals surface area (Å²) in [5.74, 6) is 0.228. The molecule has 4 heteroatoms. The van der Waals surface area contributed by atoms with Crippen LogP contribution in [-0.4, -0.2) is 40.4 Å². The highest BCUT2D eigenvalue weighted by Crippen LogP contribution is 2.26. The Morgan fingerprint density at radius 3 is 2.28 bits per heavy atom. The molecule has 1 amide bonds. The SMILES string of the molecule is CC1CN(C(=O)CC(N)CC(C)(C)C)CC(C)S1. The van der Waals surface area contributed by atoms with Gasteiger partial charge < -0.3 is 10.6 Å². The molecule has 0 aromatic carbocycles. The normalized spacial score (nSPS) is 27.1. The van der Waals surface area contributed by atoms with Crippen LogP contribution in [0.5, 0.6) is 0 Å². The average Bonchev–Trinajstić information content (AvgIpc) is 2.12. The van der Waals surface area contributed by atoms with E-state index in [0.29, 0.717) is 16.9 Å². The van der Waals surface area contributed by atoms with E-state index in [-0.39, 0.29) is 17.4 Å². The zero-order valence-electron chi connectivity index (χ0n) is 12.4. The second-order valence-electron chi connectivity index (χ2n) is 6.79. The van der Waals surface area contributed by atoms with Gasteiger partial charge in [-0.05, 0) is 11.8 Å². The van der Waals surface area contributed by atoms with E-state index in [0.717, 1.165) is 19.5 Å². The lowest BCUT2D eigenvalue weighted by molar-refractivity contribution is -0.131. The maximum absolute atomic E-state index is 12.2. The third-order valence-electron chi connectivity index (χ3n) is 3.08. The number of carbonyl (C=O) groups is 1. The summed E-state index contributed by atoms with van der Waals surface area (Å²) in [4.78, 5) is 14.2. The van der Waals surface area contributed by atoms with Crippen molar-refractivity contribution in [1.29, 1.82) is 0 Å². The van der Waals surface area contributed by atoms with Gasteiger partial charge in [0, 0.05) is 36.1 Å². The predicted molar refractivity (Wildman–Crippen MR) is 79.8 cm³/mol. The molecule has 0 radical (unpaired) electrons. The Kier molecular flexibility index (Phi) is 5.53. The third kappa shape index (κ3) is 5.61. The predicted octanol–water partition coefficient (Wildman–Crippen LogP) is 2.49. The van der Waals surface area contributed by atoms with Gasteiger partial charge in [0.2, 0.25) is 5.91 Å². The molecule has 1 rings (SSSR count). The molecule has 0 bridgehead atoms. The van der Waals surface area contributed by atoms with E-state index in [9.17, 15) is 4.79 Å². The van der Waals surface area contributed by atoms with Crippen LogP contribution in [0, 0.1) is 5.41 Å². The molecule has 1 heterocycles. The molecule has 0 aliphatic carbocycles. The van der Waals surface area contributed by atoms with Crippen LogP contribution in [0.3, 0.4) is 0 Å². The summed E-state index contributed by atoms with van der Waals surface area (Å²) in [6, 6.07) is -0.0160. The molecule has 3 nitrogen and oxygen atoms in total. The second kappa shape index (κ2) is 6.29. The molecule has 18 heavy (non-hydrogen) atoms. The lowest BCUT2D eigenvalue weighted by atomic mass is 9.87. The van der Waals surface area contributed by atoms with Crippen LogP contribution in [0.1, 0.15) is 47.5 Å². The summed E-state index contributed by atoms with van der Waals surface area (Å²) in [5, 5.41) is 1.08. The number of carbonyl (C=O) groups excluding carboxylic acids is 1. The van der Waals surface area contributed by atoms with Gasteiger partial charge in [0.15, 0.2) is 0 Å². The molecule has 3 unspecified atom stereocenters. The largest absolute Gasteiger partial charge is 0.340 e. The summed E-state index contributed by atoms with van der Waals surface area (Å²) in [6.07, 6.45) is 1.38. The van der Waals surface area contributed by atoms with Crippen LogP contribution in [0.25, 0.3) is 0 Å². The third-order valence-corrected chi connectivity index (χ3v) is 4.31. The monoisotopic (exact) mass is 272 g/mol. The summed E-state index contributed by atoms with van der Waals surface area (Å²) in [6.45, 7) is 12.6. The number of thioether (sulfide) groups is 1. The summed E-state index contributed by atoms with van der Waals surface area (Å²) >= 11 is 1.97. The van der Waals surface area contributed by atoms with Gasteiger partial charge in [-0.2, -0.15) is 11.8 Å². The highest BCUT2D eigenvalue weighted by Gasteiger charge is 2.27. The Morgan fingerprint density at radius 1 is 1.33 bits per heavy atom. The average molecular weight is 272 g/mol. The first kappa shape index (κ1) is 15.8. The van der Waals surface area contributed by atoms with Crippen molar-refractivity contribution in [1.82, 2.24) is 4.90 Å². The molecule has 1 aliphatic rings. The zero-order chi connectivity index (χ0) is 13.9. The van der Waals surface area contributed by atoms with Crippen molar-refractivity contribution in [3.05, 3.63) is 0 Å². The fraction of sp³-hybridized carbons (Fsp3) is 0.929. The second-order valence-corrected chi connectivity index (χ2v) is 8.67. The van der Waals surface area contributed by atoms with Crippen molar-refractivity contribution in [2.24, 2.45) is 11.1 Å². The van der Waals surface area contributed by atoms with Crippen molar-refractivity contribution >= 4 is 17.7 Å². The van der Waals surface area contributed by atoms with Gasteiger partial charge in [-0.1, -0.05) is 34.6 Å². The Labute approximate surface area is 116 Å². The van der Waals surface area contributed by atoms with Crippen LogP contribution >= 0.6 is 11.8 Å². The minimum Gasteiger partial charge on any atom is -0.340 e. The molecule has 0 saturated carbocycles. The van der Waals surface area contributed by atoms with Crippen molar-refractivity contribution in [3.63, 3.8) is 0 Å². The van der Waals surface area contributed by atoms with Crippen LogP contribution < -0.4 is 5.73 Å². The Morgan fingerprint density at radius 2 is 1.83 bits per heavy atom. The van der Waals surface area contributed by atoms with Crippen LogP contribution in [0.15, 0.2) is 0 Å². The smallest absolute Gasteiger partial charge is 0.224 e. The number of nitrogens with two attached hydrogens (primary N) is 1. The molecule has 0 spiro atoms. The molecule has 0 aromatic rings. The summed E-state index contributed by atoms with van der Waals surface area (Å²) < 4.78 is 0. The van der Waals surface area contributed by atoms with Gasteiger partial charge in [-0.25, -0.2) is 0 Å². The molecule has 1 aliphatic heterocycles. The highest BCUT2D eigenvalue weighted by molar-refractivity contribution is 8.00. The van der Waals surface area contributed by atoms with E-state index < -0.39 is 0 Å². The van der Waals surface area contributed by atoms with Gasteiger partial charge >= 0.3 is 0 Å². The quantitative estimate of drug-likeness (QED) is 0.858. The molecule has 3 atom stereocenters. The molecule has 106 valence electrons. The number of hydrogen-bond acceptors (Lipinski definition) is 3. The Hall–Kier alpha value is -0.220. The number of amides is 1. The standard InChI is InChI=1S/C14H28N2OS/c1-10-8-16(9-11(2)18-10)13(17)6-12(15)7-14(3,4)5/h10-12H,6-9,15H2,1-5H3. The molecule has 1 saturated heterocycles. The molecule has 2 N–H and O–H groups in total. The first-order valence-corrected chi connectivity index (χ1v) is 7.80. The molecule has 0 aromatic heterocycles. The van der Waals surface area contributed by atoms with Crippen molar-refractivity contribution in [2.75, 3.05) is 13.1 Å². The molecule has 1 fully saturated rings. The first-order valence-electron chi connectivity index (χ1n) is 6.86. The number of nitrogens with zero attached hydrogens (tertiary/aromatic N) is 1. The number of hydrogen-bond donors (Lipinski definition) is 1. The van der Waals surface area contributed by atoms with Gasteiger partial charge in [0.25, 0.3) is 0 Å². The van der Waals surface area contributed by atoms with Crippen LogP contribution in [0.2, 0.25) is 0 Å². The van der Waals surface area contributed by atoms with E-state index in [1.54, 1.807) is 0 Å². The van der Waals surface area contributed by atoms with Crippen molar-refractivity contribution in [2.45, 2.75) is 64.0 Å². The minimum absolute atomic E-state index is 0.0160. The van der Waals surface area contributed by atoms with Crippen LogP contribution in [0.4, 0.5) is 0 Å². The Bertz CT molecular complexity index is 278. The highest BCUT2D eigenvalue weighted by atomic mass is 32.2. The van der Waals surface area contributed by atoms with E-state index in [1.165, 1.54) is 0 Å². The molecular weight excluding hydrogens is 244 g/mol. The maximum atomic E-state index is 12.2. The van der Waals surface area contributed by atoms with Gasteiger partial charge in [-0.3, -0.25) is 4.79 Å². The maximum Gasteiger partial charge on any atom is 0.224 e.